The van der Waals surface area contributed by atoms with Crippen LogP contribution in [-0.2, 0) is 0 Å². The highest BCUT2D eigenvalue weighted by molar-refractivity contribution is 7.20. The fourth-order valence-electron chi connectivity index (χ4n) is 2.59. The summed E-state index contributed by atoms with van der Waals surface area (Å²) in [5, 5.41) is 4.31. The summed E-state index contributed by atoms with van der Waals surface area (Å²) in [6.07, 6.45) is 3.47. The number of nitrogens with zero attached hydrogens (tertiary/aromatic N) is 2. The number of hydrogen-bond donors (Lipinski definition) is 1. The number of nitrogens with one attached hydrogen (secondary N) is 1. The maximum absolute atomic E-state index is 6.34. The molecular formula is C21H13Cl2N3OS. The third-order valence-electron chi connectivity index (χ3n) is 3.90. The number of halogens is 2. The first-order chi connectivity index (χ1) is 13.6. The molecule has 0 saturated heterocycles. The highest BCUT2D eigenvalue weighted by Crippen LogP contribution is 2.38. The van der Waals surface area contributed by atoms with Crippen molar-refractivity contribution >= 4 is 56.1 Å². The number of benzene rings is 1. The maximum Gasteiger partial charge on any atom is 0.139 e. The van der Waals surface area contributed by atoms with Crippen molar-refractivity contribution < 1.29 is 4.74 Å². The predicted octanol–water partition coefficient (Wildman–Crippen LogP) is 6.15. The lowest BCUT2D eigenvalue weighted by Gasteiger charge is -2.12. The van der Waals surface area contributed by atoms with Crippen molar-refractivity contribution in [2.75, 3.05) is 12.4 Å². The average molecular weight is 426 g/mol. The molecule has 0 unspecified atom stereocenters. The molecule has 138 valence electrons. The highest BCUT2D eigenvalue weighted by atomic mass is 35.5. The minimum atomic E-state index is 0.459. The predicted molar refractivity (Wildman–Crippen MR) is 116 cm³/mol. The number of pyridine rings is 2. The Morgan fingerprint density at radius 1 is 0.964 bits per heavy atom. The van der Waals surface area contributed by atoms with Gasteiger partial charge in [-0.2, -0.15) is 0 Å². The molecule has 3 aromatic heterocycles. The number of hydrogen-bond acceptors (Lipinski definition) is 5. The quantitative estimate of drug-likeness (QED) is 0.399. The lowest BCUT2D eigenvalue weighted by Crippen LogP contribution is -1.94. The number of anilines is 2. The van der Waals surface area contributed by atoms with Crippen molar-refractivity contribution in [3.8, 4) is 17.6 Å². The number of thiophene rings is 1. The molecule has 1 aromatic carbocycles. The lowest BCUT2D eigenvalue weighted by atomic mass is 10.2. The molecular weight excluding hydrogens is 413 g/mol. The molecule has 1 N–H and O–H groups in total. The van der Waals surface area contributed by atoms with Crippen LogP contribution in [0.5, 0.6) is 5.75 Å². The second-order valence-corrected chi connectivity index (χ2v) is 7.61. The minimum absolute atomic E-state index is 0.459. The van der Waals surface area contributed by atoms with Gasteiger partial charge in [0.15, 0.2) is 0 Å². The molecule has 7 heteroatoms. The first kappa shape index (κ1) is 18.6. The maximum atomic E-state index is 6.34. The first-order valence-corrected chi connectivity index (χ1v) is 9.83. The summed E-state index contributed by atoms with van der Waals surface area (Å²) in [5.74, 6) is 6.77. The average Bonchev–Trinajstić information content (AvgIpc) is 3.13. The van der Waals surface area contributed by atoms with Crippen LogP contribution in [0.1, 0.15) is 10.6 Å². The van der Waals surface area contributed by atoms with Crippen LogP contribution in [0.2, 0.25) is 10.0 Å². The van der Waals surface area contributed by atoms with Crippen LogP contribution in [0.4, 0.5) is 11.4 Å². The van der Waals surface area contributed by atoms with E-state index in [1.54, 1.807) is 43.0 Å². The van der Waals surface area contributed by atoms with E-state index in [0.29, 0.717) is 21.5 Å². The van der Waals surface area contributed by atoms with Crippen LogP contribution in [0.25, 0.3) is 10.2 Å². The molecule has 0 aliphatic heterocycles. The molecule has 0 bridgehead atoms. The van der Waals surface area contributed by atoms with Gasteiger partial charge >= 0.3 is 0 Å². The van der Waals surface area contributed by atoms with E-state index in [1.165, 1.54) is 0 Å². The van der Waals surface area contributed by atoms with E-state index in [4.69, 9.17) is 27.9 Å². The monoisotopic (exact) mass is 425 g/mol. The molecule has 0 aliphatic rings. The van der Waals surface area contributed by atoms with Gasteiger partial charge in [0.05, 0.1) is 43.6 Å². The van der Waals surface area contributed by atoms with Crippen LogP contribution >= 0.6 is 34.5 Å². The van der Waals surface area contributed by atoms with Gasteiger partial charge in [-0.15, -0.1) is 11.3 Å². The van der Waals surface area contributed by atoms with Gasteiger partial charge in [-0.1, -0.05) is 29.3 Å². The number of rotatable bonds is 3. The van der Waals surface area contributed by atoms with Crippen LogP contribution in [0.3, 0.4) is 0 Å². The van der Waals surface area contributed by atoms with E-state index in [-0.39, 0.29) is 0 Å². The standard InChI is InChI=1S/C21H13Cl2N3OS/c1-27-20-12-18(15(22)11-16(20)23)26-17-7-9-25-19-10-14(28-21(17)19)6-5-13-4-2-3-8-24-13/h2-4,7-12H,1H3,(H,25,26). The van der Waals surface area contributed by atoms with Crippen LogP contribution in [0.15, 0.2) is 54.9 Å². The summed E-state index contributed by atoms with van der Waals surface area (Å²) >= 11 is 14.0. The molecule has 0 aliphatic carbocycles. The fraction of sp³-hybridized carbons (Fsp3) is 0.0476. The molecule has 0 atom stereocenters. The van der Waals surface area contributed by atoms with E-state index >= 15 is 0 Å². The van der Waals surface area contributed by atoms with Crippen molar-refractivity contribution in [3.63, 3.8) is 0 Å². The second kappa shape index (κ2) is 8.07. The molecule has 0 radical (unpaired) electrons. The number of fused-ring (bicyclic) bond motifs is 1. The Morgan fingerprint density at radius 2 is 1.86 bits per heavy atom. The Morgan fingerprint density at radius 3 is 2.64 bits per heavy atom. The summed E-state index contributed by atoms with van der Waals surface area (Å²) in [5.41, 5.74) is 3.17. The number of methoxy groups -OCH3 is 1. The summed E-state index contributed by atoms with van der Waals surface area (Å²) in [7, 11) is 1.56. The van der Waals surface area contributed by atoms with Gasteiger partial charge in [0.1, 0.15) is 11.4 Å². The SMILES string of the molecule is COc1cc(Nc2ccnc3cc(C#Cc4ccccn4)sc23)c(Cl)cc1Cl. The van der Waals surface area contributed by atoms with Crippen LogP contribution in [0, 0.1) is 11.8 Å². The zero-order valence-corrected chi connectivity index (χ0v) is 17.0. The number of aromatic nitrogens is 2. The Labute approximate surface area is 176 Å². The van der Waals surface area contributed by atoms with E-state index in [1.807, 2.05) is 30.3 Å². The summed E-state index contributed by atoms with van der Waals surface area (Å²) < 4.78 is 6.26. The zero-order valence-electron chi connectivity index (χ0n) is 14.7. The summed E-state index contributed by atoms with van der Waals surface area (Å²) in [6.45, 7) is 0. The Bertz CT molecular complexity index is 1210. The zero-order chi connectivity index (χ0) is 19.5. The highest BCUT2D eigenvalue weighted by Gasteiger charge is 2.11. The largest absolute Gasteiger partial charge is 0.495 e. The Hall–Kier alpha value is -2.78. The van der Waals surface area contributed by atoms with Crippen LogP contribution in [-0.4, -0.2) is 17.1 Å². The van der Waals surface area contributed by atoms with Gasteiger partial charge in [0.25, 0.3) is 0 Å². The van der Waals surface area contributed by atoms with E-state index in [9.17, 15) is 0 Å². The molecule has 0 spiro atoms. The van der Waals surface area contributed by atoms with Gasteiger partial charge in [-0.25, -0.2) is 4.98 Å². The lowest BCUT2D eigenvalue weighted by molar-refractivity contribution is 0.415. The van der Waals surface area contributed by atoms with Crippen molar-refractivity contribution in [1.29, 1.82) is 0 Å². The number of ether oxygens (including phenoxy) is 1. The smallest absolute Gasteiger partial charge is 0.139 e. The molecule has 28 heavy (non-hydrogen) atoms. The molecule has 0 saturated carbocycles. The van der Waals surface area contributed by atoms with E-state index in [2.05, 4.69) is 27.1 Å². The summed E-state index contributed by atoms with van der Waals surface area (Å²) in [6, 6.07) is 12.9. The van der Waals surface area contributed by atoms with Crippen molar-refractivity contribution in [3.05, 3.63) is 75.5 Å². The third-order valence-corrected chi connectivity index (χ3v) is 5.58. The van der Waals surface area contributed by atoms with Gasteiger partial charge in [-0.05, 0) is 42.2 Å². The van der Waals surface area contributed by atoms with E-state index in [0.717, 1.165) is 26.5 Å². The van der Waals surface area contributed by atoms with Gasteiger partial charge in [-0.3, -0.25) is 4.98 Å². The van der Waals surface area contributed by atoms with Crippen LogP contribution < -0.4 is 10.1 Å². The van der Waals surface area contributed by atoms with Gasteiger partial charge in [0.2, 0.25) is 0 Å². The molecule has 0 amide bonds. The molecule has 0 fully saturated rings. The van der Waals surface area contributed by atoms with E-state index < -0.39 is 0 Å². The summed E-state index contributed by atoms with van der Waals surface area (Å²) in [4.78, 5) is 9.56. The Kier molecular flexibility index (Phi) is 5.36. The third kappa shape index (κ3) is 3.90. The molecule has 3 heterocycles. The molecule has 4 aromatic rings. The minimum Gasteiger partial charge on any atom is -0.495 e. The van der Waals surface area contributed by atoms with Crippen molar-refractivity contribution in [1.82, 2.24) is 9.97 Å². The normalized spacial score (nSPS) is 10.4. The molecule has 4 rings (SSSR count). The van der Waals surface area contributed by atoms with Crippen molar-refractivity contribution in [2.45, 2.75) is 0 Å². The van der Waals surface area contributed by atoms with Gasteiger partial charge in [0, 0.05) is 18.5 Å². The Balaban J connectivity index is 1.70. The first-order valence-electron chi connectivity index (χ1n) is 8.25. The fourth-order valence-corrected chi connectivity index (χ4v) is 4.03. The van der Waals surface area contributed by atoms with Gasteiger partial charge < -0.3 is 10.1 Å². The second-order valence-electron chi connectivity index (χ2n) is 5.74. The molecule has 4 nitrogen and oxygen atoms in total. The van der Waals surface area contributed by atoms with Crippen molar-refractivity contribution in [2.24, 2.45) is 0 Å². The topological polar surface area (TPSA) is 47.0 Å².